The summed E-state index contributed by atoms with van der Waals surface area (Å²) in [5.74, 6) is -2.04. The van der Waals surface area contributed by atoms with Crippen LogP contribution < -0.4 is 9.47 Å². The number of methoxy groups -OCH3 is 1. The molecule has 7 nitrogen and oxygen atoms in total. The van der Waals surface area contributed by atoms with Crippen molar-refractivity contribution >= 4 is 44.3 Å². The molecule has 0 radical (unpaired) electrons. The number of fused-ring (bicyclic) bond motifs is 4. The number of benzene rings is 5. The monoisotopic (exact) mass is 454 g/mol. The standard InChI is InChI=1S/C27H18O7/c1-33-16-7-9-19-21(12-16)23(28)13-22(27(31)32)25(19)34-24-11-15(26(29)30)10-20-17-5-3-2-4-14(17)6-8-18(20)24/h2-13,28H,1H3,(H,29,30)(H,31,32). The number of hydrogen-bond donors (Lipinski definition) is 3. The molecule has 0 aliphatic heterocycles. The van der Waals surface area contributed by atoms with Gasteiger partial charge in [0.2, 0.25) is 0 Å². The Morgan fingerprint density at radius 1 is 0.735 bits per heavy atom. The van der Waals surface area contributed by atoms with Crippen molar-refractivity contribution in [2.75, 3.05) is 7.11 Å². The first-order chi connectivity index (χ1) is 16.4. The van der Waals surface area contributed by atoms with Gasteiger partial charge in [-0.2, -0.15) is 0 Å². The minimum atomic E-state index is -1.30. The van der Waals surface area contributed by atoms with Gasteiger partial charge in [0.25, 0.3) is 0 Å². The summed E-state index contributed by atoms with van der Waals surface area (Å²) in [7, 11) is 1.48. The van der Waals surface area contributed by atoms with Crippen molar-refractivity contribution in [2.45, 2.75) is 0 Å². The summed E-state index contributed by atoms with van der Waals surface area (Å²) in [6.07, 6.45) is 0. The van der Waals surface area contributed by atoms with Crippen LogP contribution >= 0.6 is 0 Å². The van der Waals surface area contributed by atoms with Gasteiger partial charge in [0, 0.05) is 16.2 Å². The van der Waals surface area contributed by atoms with E-state index in [-0.39, 0.29) is 28.4 Å². The Hall–Kier alpha value is -4.78. The van der Waals surface area contributed by atoms with E-state index in [2.05, 4.69) is 0 Å². The number of carbonyl (C=O) groups is 2. The SMILES string of the molecule is COc1ccc2c(Oc3cc(C(=O)O)cc4c3ccc3ccccc34)c(C(=O)O)cc(O)c2c1. The highest BCUT2D eigenvalue weighted by Crippen LogP contribution is 2.42. The highest BCUT2D eigenvalue weighted by atomic mass is 16.5. The minimum absolute atomic E-state index is 0.000446. The van der Waals surface area contributed by atoms with E-state index in [0.29, 0.717) is 27.3 Å². The molecule has 5 aromatic carbocycles. The number of rotatable bonds is 5. The number of aromatic carboxylic acids is 2. The molecule has 0 unspecified atom stereocenters. The van der Waals surface area contributed by atoms with Crippen LogP contribution in [0.2, 0.25) is 0 Å². The number of phenols is 1. The molecule has 0 aromatic heterocycles. The number of carboxylic acid groups (broad SMARTS) is 2. The van der Waals surface area contributed by atoms with Crippen molar-refractivity contribution in [1.82, 2.24) is 0 Å². The van der Waals surface area contributed by atoms with Gasteiger partial charge in [0.1, 0.15) is 28.6 Å². The van der Waals surface area contributed by atoms with Crippen molar-refractivity contribution < 1.29 is 34.4 Å². The van der Waals surface area contributed by atoms with Crippen LogP contribution in [0.15, 0.2) is 72.8 Å². The highest BCUT2D eigenvalue weighted by Gasteiger charge is 2.21. The fourth-order valence-corrected chi connectivity index (χ4v) is 4.15. The Balaban J connectivity index is 1.82. The van der Waals surface area contributed by atoms with Gasteiger partial charge in [-0.1, -0.05) is 30.3 Å². The van der Waals surface area contributed by atoms with Crippen LogP contribution in [0, 0.1) is 0 Å². The fourth-order valence-electron chi connectivity index (χ4n) is 4.15. The van der Waals surface area contributed by atoms with Crippen LogP contribution in [0.5, 0.6) is 23.0 Å². The van der Waals surface area contributed by atoms with E-state index in [1.165, 1.54) is 13.2 Å². The van der Waals surface area contributed by atoms with Crippen LogP contribution in [0.25, 0.3) is 32.3 Å². The molecular formula is C27H18O7. The summed E-state index contributed by atoms with van der Waals surface area (Å²) in [6.45, 7) is 0. The third-order valence-electron chi connectivity index (χ3n) is 5.78. The summed E-state index contributed by atoms with van der Waals surface area (Å²) in [5, 5.41) is 33.7. The molecule has 0 aliphatic rings. The Labute approximate surface area is 193 Å². The summed E-state index contributed by atoms with van der Waals surface area (Å²) < 4.78 is 11.4. The summed E-state index contributed by atoms with van der Waals surface area (Å²) in [5.41, 5.74) is -0.259. The summed E-state index contributed by atoms with van der Waals surface area (Å²) >= 11 is 0. The normalized spacial score (nSPS) is 11.1. The molecule has 0 spiro atoms. The molecule has 0 bridgehead atoms. The van der Waals surface area contributed by atoms with Crippen LogP contribution in [0.1, 0.15) is 20.7 Å². The predicted molar refractivity (Wildman–Crippen MR) is 128 cm³/mol. The zero-order valence-electron chi connectivity index (χ0n) is 17.9. The van der Waals surface area contributed by atoms with Gasteiger partial charge in [-0.05, 0) is 58.6 Å². The zero-order valence-corrected chi connectivity index (χ0v) is 17.9. The molecule has 0 aliphatic carbocycles. The van der Waals surface area contributed by atoms with E-state index in [0.717, 1.165) is 16.8 Å². The molecule has 7 heteroatoms. The van der Waals surface area contributed by atoms with Gasteiger partial charge in [0.15, 0.2) is 0 Å². The second kappa shape index (κ2) is 7.97. The van der Waals surface area contributed by atoms with Gasteiger partial charge in [-0.15, -0.1) is 0 Å². The van der Waals surface area contributed by atoms with Crippen molar-refractivity contribution in [3.05, 3.63) is 83.9 Å². The lowest BCUT2D eigenvalue weighted by molar-refractivity contribution is 0.0683. The molecule has 0 atom stereocenters. The van der Waals surface area contributed by atoms with Gasteiger partial charge in [-0.25, -0.2) is 9.59 Å². The maximum atomic E-state index is 12.0. The summed E-state index contributed by atoms with van der Waals surface area (Å²) in [6, 6.07) is 20.1. The Kier molecular flexibility index (Phi) is 4.94. The van der Waals surface area contributed by atoms with E-state index < -0.39 is 11.9 Å². The van der Waals surface area contributed by atoms with Crippen LogP contribution in [-0.2, 0) is 0 Å². The molecule has 168 valence electrons. The van der Waals surface area contributed by atoms with Crippen molar-refractivity contribution in [2.24, 2.45) is 0 Å². The van der Waals surface area contributed by atoms with Crippen molar-refractivity contribution in [3.8, 4) is 23.0 Å². The van der Waals surface area contributed by atoms with Gasteiger partial charge < -0.3 is 24.8 Å². The van der Waals surface area contributed by atoms with Crippen molar-refractivity contribution in [3.63, 3.8) is 0 Å². The van der Waals surface area contributed by atoms with E-state index in [9.17, 15) is 24.9 Å². The molecule has 0 saturated heterocycles. The van der Waals surface area contributed by atoms with Gasteiger partial charge in [0.05, 0.1) is 12.7 Å². The predicted octanol–water partition coefficient (Wildman–Crippen LogP) is 6.05. The molecule has 0 amide bonds. The van der Waals surface area contributed by atoms with Gasteiger partial charge in [-0.3, -0.25) is 0 Å². The molecular weight excluding hydrogens is 436 g/mol. The quantitative estimate of drug-likeness (QED) is 0.277. The maximum Gasteiger partial charge on any atom is 0.339 e. The van der Waals surface area contributed by atoms with E-state index in [1.54, 1.807) is 24.3 Å². The number of phenolic OH excluding ortho intramolecular Hbond substituents is 1. The molecule has 3 N–H and O–H groups in total. The number of carboxylic acids is 2. The molecule has 0 saturated carbocycles. The average Bonchev–Trinajstić information content (AvgIpc) is 2.84. The topological polar surface area (TPSA) is 113 Å². The molecule has 34 heavy (non-hydrogen) atoms. The smallest absolute Gasteiger partial charge is 0.339 e. The molecule has 5 rings (SSSR count). The second-order valence-electron chi connectivity index (χ2n) is 7.75. The lowest BCUT2D eigenvalue weighted by Gasteiger charge is -2.16. The number of ether oxygens (including phenoxy) is 2. The van der Waals surface area contributed by atoms with E-state index in [4.69, 9.17) is 9.47 Å². The Morgan fingerprint density at radius 3 is 2.24 bits per heavy atom. The van der Waals surface area contributed by atoms with Crippen LogP contribution in [-0.4, -0.2) is 34.4 Å². The Morgan fingerprint density at radius 2 is 1.50 bits per heavy atom. The maximum absolute atomic E-state index is 12.0. The second-order valence-corrected chi connectivity index (χ2v) is 7.75. The van der Waals surface area contributed by atoms with Crippen LogP contribution in [0.3, 0.4) is 0 Å². The first-order valence-corrected chi connectivity index (χ1v) is 10.3. The first kappa shape index (κ1) is 21.1. The highest BCUT2D eigenvalue weighted by molar-refractivity contribution is 6.12. The third kappa shape index (κ3) is 3.40. The minimum Gasteiger partial charge on any atom is -0.507 e. The fraction of sp³-hybridized carbons (Fsp3) is 0.0370. The largest absolute Gasteiger partial charge is 0.507 e. The van der Waals surface area contributed by atoms with E-state index >= 15 is 0 Å². The average molecular weight is 454 g/mol. The lowest BCUT2D eigenvalue weighted by Crippen LogP contribution is -2.03. The van der Waals surface area contributed by atoms with Crippen molar-refractivity contribution in [1.29, 1.82) is 0 Å². The molecule has 0 heterocycles. The molecule has 0 fully saturated rings. The Bertz CT molecular complexity index is 1640. The van der Waals surface area contributed by atoms with Gasteiger partial charge >= 0.3 is 11.9 Å². The third-order valence-corrected chi connectivity index (χ3v) is 5.78. The number of hydrogen-bond acceptors (Lipinski definition) is 5. The zero-order chi connectivity index (χ0) is 24.0. The first-order valence-electron chi connectivity index (χ1n) is 10.3. The van der Waals surface area contributed by atoms with E-state index in [1.807, 2.05) is 36.4 Å². The molecule has 5 aromatic rings. The summed E-state index contributed by atoms with van der Waals surface area (Å²) in [4.78, 5) is 23.9. The number of aromatic hydroxyl groups is 1. The lowest BCUT2D eigenvalue weighted by atomic mass is 9.99. The van der Waals surface area contributed by atoms with Crippen LogP contribution in [0.4, 0.5) is 0 Å².